The van der Waals surface area contributed by atoms with E-state index in [0.717, 1.165) is 11.6 Å². The van der Waals surface area contributed by atoms with E-state index in [1.165, 1.54) is 24.4 Å². The zero-order valence-corrected chi connectivity index (χ0v) is 15.8. The van der Waals surface area contributed by atoms with Crippen LogP contribution >= 0.6 is 11.6 Å². The normalized spacial score (nSPS) is 10.4. The van der Waals surface area contributed by atoms with Gasteiger partial charge in [0.25, 0.3) is 11.8 Å². The Morgan fingerprint density at radius 2 is 1.86 bits per heavy atom. The number of pyridine rings is 1. The summed E-state index contributed by atoms with van der Waals surface area (Å²) in [5.41, 5.74) is 1.74. The smallest absolute Gasteiger partial charge is 0.274 e. The van der Waals surface area contributed by atoms with Gasteiger partial charge in [-0.05, 0) is 35.9 Å². The Bertz CT molecular complexity index is 1010. The third-order valence-electron chi connectivity index (χ3n) is 4.03. The summed E-state index contributed by atoms with van der Waals surface area (Å²) in [5.74, 6) is -1.33. The average molecular weight is 398 g/mol. The summed E-state index contributed by atoms with van der Waals surface area (Å²) in [5, 5.41) is 2.48. The fourth-order valence-electron chi connectivity index (χ4n) is 2.61. The maximum absolute atomic E-state index is 13.2. The van der Waals surface area contributed by atoms with Crippen molar-refractivity contribution in [2.75, 3.05) is 12.4 Å². The number of hydrogen-bond acceptors (Lipinski definition) is 3. The minimum Gasteiger partial charge on any atom is -0.337 e. The molecule has 1 N–H and O–H groups in total. The Hall–Kier alpha value is -3.25. The molecule has 0 bridgehead atoms. The Morgan fingerprint density at radius 1 is 1.11 bits per heavy atom. The topological polar surface area (TPSA) is 62.3 Å². The second-order valence-electron chi connectivity index (χ2n) is 6.16. The molecule has 0 fully saturated rings. The third-order valence-corrected chi connectivity index (χ3v) is 4.32. The molecule has 0 saturated heterocycles. The van der Waals surface area contributed by atoms with Gasteiger partial charge in [-0.2, -0.15) is 0 Å². The van der Waals surface area contributed by atoms with Gasteiger partial charge in [-0.25, -0.2) is 4.39 Å². The van der Waals surface area contributed by atoms with Gasteiger partial charge >= 0.3 is 0 Å². The standard InChI is InChI=1S/C21H17ClFN3O2/c1-26(13-14-5-3-2-4-6-14)21(28)15-9-10-24-19(11-15)20(27)25-16-7-8-18(23)17(22)12-16/h2-12H,13H2,1H3,(H,25,27). The molecule has 3 rings (SSSR count). The monoisotopic (exact) mass is 397 g/mol. The molecule has 28 heavy (non-hydrogen) atoms. The van der Waals surface area contributed by atoms with Crippen molar-refractivity contribution in [2.24, 2.45) is 0 Å². The van der Waals surface area contributed by atoms with Crippen molar-refractivity contribution in [2.45, 2.75) is 6.54 Å². The molecule has 2 aromatic carbocycles. The average Bonchev–Trinajstić information content (AvgIpc) is 2.71. The van der Waals surface area contributed by atoms with Crippen molar-refractivity contribution in [1.82, 2.24) is 9.88 Å². The van der Waals surface area contributed by atoms with Gasteiger partial charge < -0.3 is 10.2 Å². The van der Waals surface area contributed by atoms with Gasteiger partial charge in [-0.15, -0.1) is 0 Å². The number of benzene rings is 2. The molecule has 0 aliphatic carbocycles. The van der Waals surface area contributed by atoms with Crippen LogP contribution in [0.4, 0.5) is 10.1 Å². The summed E-state index contributed by atoms with van der Waals surface area (Å²) in [6, 6.07) is 16.4. The summed E-state index contributed by atoms with van der Waals surface area (Å²) in [7, 11) is 1.69. The molecule has 0 aliphatic rings. The van der Waals surface area contributed by atoms with E-state index in [9.17, 15) is 14.0 Å². The predicted octanol–water partition coefficient (Wildman–Crippen LogP) is 4.40. The highest BCUT2D eigenvalue weighted by molar-refractivity contribution is 6.31. The molecule has 5 nitrogen and oxygen atoms in total. The van der Waals surface area contributed by atoms with E-state index in [2.05, 4.69) is 10.3 Å². The van der Waals surface area contributed by atoms with Gasteiger partial charge in [-0.1, -0.05) is 41.9 Å². The van der Waals surface area contributed by atoms with Gasteiger partial charge in [0, 0.05) is 31.0 Å². The van der Waals surface area contributed by atoms with E-state index in [1.807, 2.05) is 30.3 Å². The second kappa shape index (κ2) is 8.63. The summed E-state index contributed by atoms with van der Waals surface area (Å²) in [6.45, 7) is 0.442. The highest BCUT2D eigenvalue weighted by Crippen LogP contribution is 2.20. The van der Waals surface area contributed by atoms with Gasteiger partial charge in [0.1, 0.15) is 11.5 Å². The molecule has 0 saturated carbocycles. The Labute approximate surface area is 166 Å². The molecule has 0 atom stereocenters. The van der Waals surface area contributed by atoms with Crippen molar-refractivity contribution >= 4 is 29.1 Å². The number of rotatable bonds is 5. The predicted molar refractivity (Wildman–Crippen MR) is 106 cm³/mol. The molecule has 0 aliphatic heterocycles. The quantitative estimate of drug-likeness (QED) is 0.694. The minimum absolute atomic E-state index is 0.0689. The molecular formula is C21H17ClFN3O2. The van der Waals surface area contributed by atoms with Crippen LogP contribution in [-0.4, -0.2) is 28.7 Å². The molecular weight excluding hydrogens is 381 g/mol. The van der Waals surface area contributed by atoms with Crippen LogP contribution in [0.15, 0.2) is 66.9 Å². The molecule has 0 unspecified atom stereocenters. The number of nitrogens with zero attached hydrogens (tertiary/aromatic N) is 2. The van der Waals surface area contributed by atoms with Crippen molar-refractivity contribution in [3.05, 3.63) is 94.5 Å². The van der Waals surface area contributed by atoms with Crippen molar-refractivity contribution < 1.29 is 14.0 Å². The van der Waals surface area contributed by atoms with Crippen LogP contribution in [0.3, 0.4) is 0 Å². The SMILES string of the molecule is CN(Cc1ccccc1)C(=O)c1ccnc(C(=O)Nc2ccc(F)c(Cl)c2)c1. The van der Waals surface area contributed by atoms with Crippen LogP contribution in [-0.2, 0) is 6.54 Å². The lowest BCUT2D eigenvalue weighted by Gasteiger charge is -2.17. The fraction of sp³-hybridized carbons (Fsp3) is 0.0952. The molecule has 1 heterocycles. The van der Waals surface area contributed by atoms with E-state index in [4.69, 9.17) is 11.6 Å². The van der Waals surface area contributed by atoms with E-state index in [-0.39, 0.29) is 16.6 Å². The minimum atomic E-state index is -0.577. The highest BCUT2D eigenvalue weighted by Gasteiger charge is 2.16. The summed E-state index contributed by atoms with van der Waals surface area (Å²) >= 11 is 5.72. The van der Waals surface area contributed by atoms with Gasteiger partial charge in [-0.3, -0.25) is 14.6 Å². The first kappa shape index (κ1) is 19.5. The first-order chi connectivity index (χ1) is 13.4. The lowest BCUT2D eigenvalue weighted by Crippen LogP contribution is -2.26. The summed E-state index contributed by atoms with van der Waals surface area (Å²) in [4.78, 5) is 30.7. The molecule has 0 radical (unpaired) electrons. The van der Waals surface area contributed by atoms with Crippen molar-refractivity contribution in [3.63, 3.8) is 0 Å². The van der Waals surface area contributed by atoms with Crippen LogP contribution in [0.25, 0.3) is 0 Å². The van der Waals surface area contributed by atoms with E-state index < -0.39 is 11.7 Å². The first-order valence-corrected chi connectivity index (χ1v) is 8.83. The number of amides is 2. The lowest BCUT2D eigenvalue weighted by molar-refractivity contribution is 0.0785. The Balaban J connectivity index is 1.72. The Morgan fingerprint density at radius 3 is 2.57 bits per heavy atom. The maximum Gasteiger partial charge on any atom is 0.274 e. The van der Waals surface area contributed by atoms with E-state index in [1.54, 1.807) is 18.0 Å². The van der Waals surface area contributed by atoms with E-state index >= 15 is 0 Å². The number of nitrogens with one attached hydrogen (secondary N) is 1. The molecule has 142 valence electrons. The third kappa shape index (κ3) is 4.72. The maximum atomic E-state index is 13.2. The van der Waals surface area contributed by atoms with Gasteiger partial charge in [0.05, 0.1) is 5.02 Å². The number of carbonyl (C=O) groups excluding carboxylic acids is 2. The largest absolute Gasteiger partial charge is 0.337 e. The molecule has 3 aromatic rings. The number of anilines is 1. The zero-order chi connectivity index (χ0) is 20.1. The van der Waals surface area contributed by atoms with Gasteiger partial charge in [0.2, 0.25) is 0 Å². The Kier molecular flexibility index (Phi) is 6.01. The molecule has 7 heteroatoms. The van der Waals surface area contributed by atoms with E-state index in [0.29, 0.717) is 17.8 Å². The van der Waals surface area contributed by atoms with Crippen LogP contribution in [0.2, 0.25) is 5.02 Å². The fourth-order valence-corrected chi connectivity index (χ4v) is 2.79. The second-order valence-corrected chi connectivity index (χ2v) is 6.57. The lowest BCUT2D eigenvalue weighted by atomic mass is 10.1. The van der Waals surface area contributed by atoms with Crippen LogP contribution < -0.4 is 5.32 Å². The van der Waals surface area contributed by atoms with Crippen LogP contribution in [0.1, 0.15) is 26.4 Å². The number of aromatic nitrogens is 1. The molecule has 1 aromatic heterocycles. The molecule has 2 amide bonds. The highest BCUT2D eigenvalue weighted by atomic mass is 35.5. The number of hydrogen-bond donors (Lipinski definition) is 1. The number of carbonyl (C=O) groups is 2. The summed E-state index contributed by atoms with van der Waals surface area (Å²) in [6.07, 6.45) is 1.40. The number of halogens is 2. The van der Waals surface area contributed by atoms with Crippen LogP contribution in [0, 0.1) is 5.82 Å². The first-order valence-electron chi connectivity index (χ1n) is 8.46. The van der Waals surface area contributed by atoms with Crippen molar-refractivity contribution in [3.8, 4) is 0 Å². The molecule has 0 spiro atoms. The van der Waals surface area contributed by atoms with Crippen LogP contribution in [0.5, 0.6) is 0 Å². The van der Waals surface area contributed by atoms with Gasteiger partial charge in [0.15, 0.2) is 0 Å². The van der Waals surface area contributed by atoms with Crippen molar-refractivity contribution in [1.29, 1.82) is 0 Å². The summed E-state index contributed by atoms with van der Waals surface area (Å²) < 4.78 is 13.2. The zero-order valence-electron chi connectivity index (χ0n) is 15.0.